The van der Waals surface area contributed by atoms with Crippen LogP contribution in [0.3, 0.4) is 0 Å². The summed E-state index contributed by atoms with van der Waals surface area (Å²) in [5.74, 6) is 0.493. The molecule has 0 unspecified atom stereocenters. The number of carbonyl (C=O) groups is 1. The summed E-state index contributed by atoms with van der Waals surface area (Å²) in [7, 11) is 1.56. The van der Waals surface area contributed by atoms with Crippen molar-refractivity contribution in [2.45, 2.75) is 6.42 Å². The average Bonchev–Trinajstić information content (AvgIpc) is 3.10. The predicted molar refractivity (Wildman–Crippen MR) is 88.7 cm³/mol. The number of hydrogen-bond donors (Lipinski definition) is 1. The number of carbonyl (C=O) groups excluding carboxylic acids is 1. The molecule has 3 aromatic rings. The maximum absolute atomic E-state index is 13.7. The molecule has 0 fully saturated rings. The zero-order valence-electron chi connectivity index (χ0n) is 13.5. The number of nitrogens with zero attached hydrogens (tertiary/aromatic N) is 2. The number of benzene rings is 2. The summed E-state index contributed by atoms with van der Waals surface area (Å²) in [5, 5.41) is 10.5. The molecule has 0 aliphatic heterocycles. The summed E-state index contributed by atoms with van der Waals surface area (Å²) in [4.78, 5) is 12.0. The SMILES string of the molecule is COc1ccc(C(=O)NCCc2nnc(-c3ccccc3F)o2)cc1. The third-order valence-corrected chi connectivity index (χ3v) is 3.55. The van der Waals surface area contributed by atoms with Gasteiger partial charge in [0.1, 0.15) is 11.6 Å². The van der Waals surface area contributed by atoms with Crippen LogP contribution in [0.2, 0.25) is 0 Å². The minimum absolute atomic E-state index is 0.120. The van der Waals surface area contributed by atoms with Crippen LogP contribution in [0.5, 0.6) is 5.75 Å². The van der Waals surface area contributed by atoms with Gasteiger partial charge in [-0.25, -0.2) is 4.39 Å². The Morgan fingerprint density at radius 3 is 2.64 bits per heavy atom. The number of hydrogen-bond acceptors (Lipinski definition) is 5. The van der Waals surface area contributed by atoms with Crippen LogP contribution < -0.4 is 10.1 Å². The molecule has 0 bridgehead atoms. The second-order valence-electron chi connectivity index (χ2n) is 5.22. The molecule has 2 aromatic carbocycles. The van der Waals surface area contributed by atoms with Gasteiger partial charge in [-0.3, -0.25) is 4.79 Å². The maximum Gasteiger partial charge on any atom is 0.251 e. The summed E-state index contributed by atoms with van der Waals surface area (Å²) >= 11 is 0. The normalized spacial score (nSPS) is 10.5. The fraction of sp³-hybridized carbons (Fsp3) is 0.167. The minimum atomic E-state index is -0.425. The van der Waals surface area contributed by atoms with Crippen molar-refractivity contribution in [2.24, 2.45) is 0 Å². The Morgan fingerprint density at radius 2 is 1.92 bits per heavy atom. The van der Waals surface area contributed by atoms with E-state index in [0.29, 0.717) is 30.2 Å². The molecule has 0 atom stereocenters. The minimum Gasteiger partial charge on any atom is -0.497 e. The van der Waals surface area contributed by atoms with Crippen LogP contribution in [-0.4, -0.2) is 29.8 Å². The van der Waals surface area contributed by atoms with Gasteiger partial charge in [0.2, 0.25) is 5.89 Å². The average molecular weight is 341 g/mol. The van der Waals surface area contributed by atoms with Crippen molar-refractivity contribution in [2.75, 3.05) is 13.7 Å². The standard InChI is InChI=1S/C18H16FN3O3/c1-24-13-8-6-12(7-9-13)17(23)20-11-10-16-21-22-18(25-16)14-4-2-3-5-15(14)19/h2-9H,10-11H2,1H3,(H,20,23). The van der Waals surface area contributed by atoms with Gasteiger partial charge in [-0.2, -0.15) is 0 Å². The first-order chi connectivity index (χ1) is 12.2. The van der Waals surface area contributed by atoms with Crippen LogP contribution in [0.1, 0.15) is 16.2 Å². The van der Waals surface area contributed by atoms with Crippen LogP contribution in [0.4, 0.5) is 4.39 Å². The molecule has 0 saturated carbocycles. The van der Waals surface area contributed by atoms with Gasteiger partial charge < -0.3 is 14.5 Å². The molecule has 25 heavy (non-hydrogen) atoms. The Bertz CT molecular complexity index is 862. The summed E-state index contributed by atoms with van der Waals surface area (Å²) in [6.45, 7) is 0.323. The van der Waals surface area contributed by atoms with Gasteiger partial charge in [0.25, 0.3) is 11.8 Å². The van der Waals surface area contributed by atoms with Crippen LogP contribution in [0, 0.1) is 5.82 Å². The third-order valence-electron chi connectivity index (χ3n) is 3.55. The molecule has 0 saturated heterocycles. The van der Waals surface area contributed by atoms with Crippen LogP contribution in [0.25, 0.3) is 11.5 Å². The number of ether oxygens (including phenoxy) is 1. The number of methoxy groups -OCH3 is 1. The third kappa shape index (κ3) is 4.00. The fourth-order valence-corrected chi connectivity index (χ4v) is 2.23. The number of halogens is 1. The molecule has 3 rings (SSSR count). The van der Waals surface area contributed by atoms with Crippen LogP contribution in [0.15, 0.2) is 52.9 Å². The molecule has 0 aliphatic rings. The van der Waals surface area contributed by atoms with Gasteiger partial charge in [-0.05, 0) is 36.4 Å². The summed E-state index contributed by atoms with van der Waals surface area (Å²) in [6.07, 6.45) is 0.351. The molecule has 0 radical (unpaired) electrons. The molecule has 1 aromatic heterocycles. The van der Waals surface area contributed by atoms with Crippen molar-refractivity contribution in [3.8, 4) is 17.2 Å². The molecule has 1 amide bonds. The lowest BCUT2D eigenvalue weighted by Gasteiger charge is -2.04. The number of rotatable bonds is 6. The topological polar surface area (TPSA) is 77.2 Å². The van der Waals surface area contributed by atoms with E-state index in [-0.39, 0.29) is 17.4 Å². The first-order valence-electron chi connectivity index (χ1n) is 7.67. The second kappa shape index (κ2) is 7.57. The molecular weight excluding hydrogens is 325 g/mol. The van der Waals surface area contributed by atoms with Crippen molar-refractivity contribution in [1.82, 2.24) is 15.5 Å². The van der Waals surface area contributed by atoms with Gasteiger partial charge >= 0.3 is 0 Å². The molecule has 128 valence electrons. The Balaban J connectivity index is 1.55. The van der Waals surface area contributed by atoms with E-state index in [2.05, 4.69) is 15.5 Å². The van der Waals surface area contributed by atoms with Gasteiger partial charge in [-0.1, -0.05) is 12.1 Å². The number of nitrogens with one attached hydrogen (secondary N) is 1. The van der Waals surface area contributed by atoms with E-state index in [1.807, 2.05) is 0 Å². The molecule has 1 N–H and O–H groups in total. The Hall–Kier alpha value is -3.22. The summed E-state index contributed by atoms with van der Waals surface area (Å²) in [6, 6.07) is 13.0. The molecular formula is C18H16FN3O3. The van der Waals surface area contributed by atoms with Gasteiger partial charge in [0, 0.05) is 18.5 Å². The van der Waals surface area contributed by atoms with Crippen LogP contribution >= 0.6 is 0 Å². The largest absolute Gasteiger partial charge is 0.497 e. The van der Waals surface area contributed by atoms with Crippen molar-refractivity contribution in [3.05, 3.63) is 65.8 Å². The molecule has 6 nitrogen and oxygen atoms in total. The van der Waals surface area contributed by atoms with E-state index in [1.54, 1.807) is 49.6 Å². The second-order valence-corrected chi connectivity index (χ2v) is 5.22. The summed E-state index contributed by atoms with van der Waals surface area (Å²) < 4.78 is 24.2. The zero-order valence-corrected chi connectivity index (χ0v) is 13.5. The molecule has 1 heterocycles. The fourth-order valence-electron chi connectivity index (χ4n) is 2.23. The van der Waals surface area contributed by atoms with Crippen molar-refractivity contribution in [1.29, 1.82) is 0 Å². The maximum atomic E-state index is 13.7. The van der Waals surface area contributed by atoms with E-state index in [0.717, 1.165) is 0 Å². The first-order valence-corrected chi connectivity index (χ1v) is 7.67. The predicted octanol–water partition coefficient (Wildman–Crippen LogP) is 2.86. The first kappa shape index (κ1) is 16.6. The quantitative estimate of drug-likeness (QED) is 0.746. The zero-order chi connectivity index (χ0) is 17.6. The van der Waals surface area contributed by atoms with E-state index in [1.165, 1.54) is 6.07 Å². The Kier molecular flexibility index (Phi) is 5.03. The number of amides is 1. The highest BCUT2D eigenvalue weighted by atomic mass is 19.1. The molecule has 7 heteroatoms. The van der Waals surface area contributed by atoms with E-state index in [9.17, 15) is 9.18 Å². The number of aromatic nitrogens is 2. The molecule has 0 aliphatic carbocycles. The Morgan fingerprint density at radius 1 is 1.16 bits per heavy atom. The highest BCUT2D eigenvalue weighted by Crippen LogP contribution is 2.20. The lowest BCUT2D eigenvalue weighted by Crippen LogP contribution is -2.25. The lowest BCUT2D eigenvalue weighted by molar-refractivity contribution is 0.0953. The smallest absolute Gasteiger partial charge is 0.251 e. The van der Waals surface area contributed by atoms with E-state index >= 15 is 0 Å². The van der Waals surface area contributed by atoms with Gasteiger partial charge in [-0.15, -0.1) is 10.2 Å². The van der Waals surface area contributed by atoms with Gasteiger partial charge in [0.15, 0.2) is 0 Å². The lowest BCUT2D eigenvalue weighted by atomic mass is 10.2. The van der Waals surface area contributed by atoms with Crippen LogP contribution in [-0.2, 0) is 6.42 Å². The molecule has 0 spiro atoms. The Labute approximate surface area is 143 Å². The van der Waals surface area contributed by atoms with Crippen molar-refractivity contribution >= 4 is 5.91 Å². The highest BCUT2D eigenvalue weighted by Gasteiger charge is 2.12. The van der Waals surface area contributed by atoms with E-state index in [4.69, 9.17) is 9.15 Å². The van der Waals surface area contributed by atoms with Crippen molar-refractivity contribution in [3.63, 3.8) is 0 Å². The van der Waals surface area contributed by atoms with Gasteiger partial charge in [0.05, 0.1) is 12.7 Å². The van der Waals surface area contributed by atoms with E-state index < -0.39 is 5.82 Å². The highest BCUT2D eigenvalue weighted by molar-refractivity contribution is 5.94. The van der Waals surface area contributed by atoms with Crippen molar-refractivity contribution < 1.29 is 18.3 Å². The monoisotopic (exact) mass is 341 g/mol. The summed E-state index contributed by atoms with van der Waals surface area (Å²) in [5.41, 5.74) is 0.780.